The van der Waals surface area contributed by atoms with Crippen molar-refractivity contribution in [3.63, 3.8) is 0 Å². The molecule has 0 radical (unpaired) electrons. The summed E-state index contributed by atoms with van der Waals surface area (Å²) < 4.78 is 35.3. The van der Waals surface area contributed by atoms with E-state index in [0.717, 1.165) is 0 Å². The van der Waals surface area contributed by atoms with Gasteiger partial charge in [0.25, 0.3) is 5.56 Å². The Balaban J connectivity index is 0.00000242. The number of nitrogens with zero attached hydrogens (tertiary/aromatic N) is 2. The van der Waals surface area contributed by atoms with Gasteiger partial charge in [-0.1, -0.05) is 25.1 Å². The van der Waals surface area contributed by atoms with Crippen molar-refractivity contribution in [2.75, 3.05) is 11.2 Å². The number of anilines is 1. The fraction of sp³-hybridized carbons (Fsp3) is 0.308. The van der Waals surface area contributed by atoms with Crippen LogP contribution in [0.25, 0.3) is 5.69 Å². The van der Waals surface area contributed by atoms with Crippen molar-refractivity contribution in [1.82, 2.24) is 9.36 Å². The minimum Gasteiger partial charge on any atom is -0.747 e. The van der Waals surface area contributed by atoms with Crippen LogP contribution < -0.4 is 40.4 Å². The SMILES string of the molecule is CCc1c(NCS(=O)(=O)[O-])c(=O)n(-c2ccccc2)n1C.[Na+]. The normalized spacial score (nSPS) is 11.0. The van der Waals surface area contributed by atoms with Crippen LogP contribution in [-0.4, -0.2) is 28.2 Å². The van der Waals surface area contributed by atoms with Crippen molar-refractivity contribution in [3.05, 3.63) is 46.4 Å². The van der Waals surface area contributed by atoms with E-state index in [1.165, 1.54) is 4.68 Å². The Hall–Kier alpha value is -1.06. The standard InChI is InChI=1S/C13H17N3O4S.Na/c1-3-11-12(14-9-21(18,19)20)13(17)16(15(11)2)10-7-5-4-6-8-10;/h4-8,14H,3,9H2,1-2H3,(H,18,19,20);/q;+1/p-1. The van der Waals surface area contributed by atoms with Gasteiger partial charge in [-0.3, -0.25) is 9.48 Å². The Morgan fingerprint density at radius 1 is 1.23 bits per heavy atom. The van der Waals surface area contributed by atoms with Crippen molar-refractivity contribution >= 4 is 15.8 Å². The van der Waals surface area contributed by atoms with Gasteiger partial charge in [-0.25, -0.2) is 13.1 Å². The van der Waals surface area contributed by atoms with Gasteiger partial charge in [0, 0.05) is 7.05 Å². The molecule has 0 saturated heterocycles. The van der Waals surface area contributed by atoms with Crippen LogP contribution in [0.4, 0.5) is 5.69 Å². The zero-order valence-corrected chi connectivity index (χ0v) is 15.6. The summed E-state index contributed by atoms with van der Waals surface area (Å²) in [5.74, 6) is -0.811. The third kappa shape index (κ3) is 4.02. The van der Waals surface area contributed by atoms with E-state index in [1.807, 2.05) is 13.0 Å². The molecule has 0 atom stereocenters. The van der Waals surface area contributed by atoms with E-state index < -0.39 is 16.0 Å². The minimum absolute atomic E-state index is 0. The Labute approximate surface area is 151 Å². The minimum atomic E-state index is -4.45. The molecule has 0 amide bonds. The average Bonchev–Trinajstić information content (AvgIpc) is 2.67. The second-order valence-electron chi connectivity index (χ2n) is 4.53. The van der Waals surface area contributed by atoms with Gasteiger partial charge in [-0.15, -0.1) is 0 Å². The molecule has 1 aromatic carbocycles. The van der Waals surface area contributed by atoms with E-state index in [4.69, 9.17) is 0 Å². The zero-order valence-electron chi connectivity index (χ0n) is 12.7. The molecule has 1 aromatic heterocycles. The van der Waals surface area contributed by atoms with Gasteiger partial charge in [-0.05, 0) is 18.6 Å². The molecule has 0 bridgehead atoms. The van der Waals surface area contributed by atoms with Crippen LogP contribution in [0.15, 0.2) is 35.1 Å². The van der Waals surface area contributed by atoms with Crippen molar-refractivity contribution in [3.8, 4) is 5.69 Å². The van der Waals surface area contributed by atoms with Crippen LogP contribution in [0, 0.1) is 0 Å². The first kappa shape index (κ1) is 19.0. The average molecular weight is 333 g/mol. The number of hydrogen-bond acceptors (Lipinski definition) is 5. The first-order valence-electron chi connectivity index (χ1n) is 6.39. The van der Waals surface area contributed by atoms with Crippen LogP contribution in [-0.2, 0) is 23.6 Å². The largest absolute Gasteiger partial charge is 1.00 e. The van der Waals surface area contributed by atoms with E-state index in [1.54, 1.807) is 36.0 Å². The van der Waals surface area contributed by atoms with Crippen molar-refractivity contribution < 1.29 is 42.5 Å². The van der Waals surface area contributed by atoms with Crippen LogP contribution in [0.2, 0.25) is 0 Å². The Morgan fingerprint density at radius 2 is 1.82 bits per heavy atom. The van der Waals surface area contributed by atoms with Crippen molar-refractivity contribution in [2.24, 2.45) is 7.05 Å². The van der Waals surface area contributed by atoms with Gasteiger partial charge < -0.3 is 9.87 Å². The maximum absolute atomic E-state index is 12.5. The summed E-state index contributed by atoms with van der Waals surface area (Å²) in [7, 11) is -2.74. The van der Waals surface area contributed by atoms with Gasteiger partial charge in [0.2, 0.25) is 0 Å². The molecule has 0 spiro atoms. The molecule has 0 aliphatic heterocycles. The maximum atomic E-state index is 12.5. The summed E-state index contributed by atoms with van der Waals surface area (Å²) in [6.07, 6.45) is 0.521. The number of rotatable bonds is 5. The van der Waals surface area contributed by atoms with Gasteiger partial charge in [0.15, 0.2) is 0 Å². The molecule has 0 fully saturated rings. The summed E-state index contributed by atoms with van der Waals surface area (Å²) in [6.45, 7) is 1.85. The molecule has 0 unspecified atom stereocenters. The summed E-state index contributed by atoms with van der Waals surface area (Å²) >= 11 is 0. The third-order valence-electron chi connectivity index (χ3n) is 3.15. The molecular weight excluding hydrogens is 317 g/mol. The molecular formula is C13H16N3NaO4S. The maximum Gasteiger partial charge on any atom is 1.00 e. The molecule has 1 N–H and O–H groups in total. The molecule has 1 heterocycles. The number of aromatic nitrogens is 2. The van der Waals surface area contributed by atoms with Gasteiger partial charge in [-0.2, -0.15) is 0 Å². The van der Waals surface area contributed by atoms with Crippen molar-refractivity contribution in [2.45, 2.75) is 13.3 Å². The quantitative estimate of drug-likeness (QED) is 0.488. The monoisotopic (exact) mass is 333 g/mol. The van der Waals surface area contributed by atoms with Crippen LogP contribution in [0.5, 0.6) is 0 Å². The summed E-state index contributed by atoms with van der Waals surface area (Å²) in [4.78, 5) is 12.5. The Bertz CT molecular complexity index is 797. The molecule has 22 heavy (non-hydrogen) atoms. The predicted molar refractivity (Wildman–Crippen MR) is 78.6 cm³/mol. The van der Waals surface area contributed by atoms with E-state index in [0.29, 0.717) is 17.8 Å². The first-order chi connectivity index (χ1) is 9.85. The number of para-hydroxylation sites is 1. The smallest absolute Gasteiger partial charge is 0.747 e. The Kier molecular flexibility index (Phi) is 6.45. The number of hydrogen-bond donors (Lipinski definition) is 1. The first-order valence-corrected chi connectivity index (χ1v) is 7.96. The second-order valence-corrected chi connectivity index (χ2v) is 5.93. The number of nitrogens with one attached hydrogen (secondary N) is 1. The molecule has 2 rings (SSSR count). The topological polar surface area (TPSA) is 96.2 Å². The second kappa shape index (κ2) is 7.47. The molecule has 9 heteroatoms. The molecule has 0 aliphatic rings. The van der Waals surface area contributed by atoms with E-state index >= 15 is 0 Å². The Morgan fingerprint density at radius 3 is 2.32 bits per heavy atom. The molecule has 7 nitrogen and oxygen atoms in total. The van der Waals surface area contributed by atoms with Crippen LogP contribution >= 0.6 is 0 Å². The fourth-order valence-corrected chi connectivity index (χ4v) is 2.57. The molecule has 0 aliphatic carbocycles. The molecule has 114 valence electrons. The van der Waals surface area contributed by atoms with E-state index in [-0.39, 0.29) is 40.8 Å². The zero-order chi connectivity index (χ0) is 15.6. The van der Waals surface area contributed by atoms with Gasteiger partial charge in [0.05, 0.1) is 11.4 Å². The summed E-state index contributed by atoms with van der Waals surface area (Å²) in [5.41, 5.74) is 1.05. The predicted octanol–water partition coefficient (Wildman–Crippen LogP) is -2.34. The van der Waals surface area contributed by atoms with E-state index in [9.17, 15) is 17.8 Å². The van der Waals surface area contributed by atoms with Gasteiger partial charge >= 0.3 is 29.6 Å². The third-order valence-corrected chi connectivity index (χ3v) is 3.64. The summed E-state index contributed by atoms with van der Waals surface area (Å²) in [5, 5.41) is 2.45. The molecule has 0 saturated carbocycles. The van der Waals surface area contributed by atoms with Crippen molar-refractivity contribution in [1.29, 1.82) is 0 Å². The molecule has 2 aromatic rings. The fourth-order valence-electron chi connectivity index (χ4n) is 2.25. The van der Waals surface area contributed by atoms with Crippen LogP contribution in [0.3, 0.4) is 0 Å². The van der Waals surface area contributed by atoms with E-state index in [2.05, 4.69) is 5.32 Å². The van der Waals surface area contributed by atoms with Crippen LogP contribution in [0.1, 0.15) is 12.6 Å². The van der Waals surface area contributed by atoms with Gasteiger partial charge in [0.1, 0.15) is 21.7 Å². The number of benzene rings is 1. The summed E-state index contributed by atoms with van der Waals surface area (Å²) in [6, 6.07) is 8.98.